The number of carboxylic acid groups (broad SMARTS) is 2. The molecule has 3 N–H and O–H groups in total. The summed E-state index contributed by atoms with van der Waals surface area (Å²) < 4.78 is 0. The summed E-state index contributed by atoms with van der Waals surface area (Å²) in [4.78, 5) is 36.7. The molecule has 0 bridgehead atoms. The largest absolute Gasteiger partial charge is 0.481 e. The Bertz CT molecular complexity index is 913. The number of benzene rings is 2. The Kier molecular flexibility index (Phi) is 7.28. The number of aliphatic carboxylic acids is 2. The zero-order valence-corrected chi connectivity index (χ0v) is 17.5. The van der Waals surface area contributed by atoms with Gasteiger partial charge in [0, 0.05) is 19.1 Å². The molecule has 1 aliphatic rings. The number of carbonyl (C=O) groups excluding carboxylic acids is 1. The van der Waals surface area contributed by atoms with Gasteiger partial charge in [0.25, 0.3) is 0 Å². The van der Waals surface area contributed by atoms with E-state index in [0.717, 1.165) is 16.7 Å². The summed E-state index contributed by atoms with van der Waals surface area (Å²) in [6, 6.07) is 17.3. The van der Waals surface area contributed by atoms with Gasteiger partial charge in [-0.1, -0.05) is 61.5 Å². The Morgan fingerprint density at radius 3 is 2.26 bits per heavy atom. The van der Waals surface area contributed by atoms with Gasteiger partial charge in [-0.3, -0.25) is 9.59 Å². The minimum atomic E-state index is -0.911. The Labute approximate surface area is 181 Å². The average Bonchev–Trinajstić information content (AvgIpc) is 3.25. The van der Waals surface area contributed by atoms with Crippen molar-refractivity contribution < 1.29 is 24.6 Å². The maximum absolute atomic E-state index is 12.7. The molecule has 3 atom stereocenters. The Hall–Kier alpha value is -3.35. The lowest BCUT2D eigenvalue weighted by molar-refractivity contribution is -0.142. The van der Waals surface area contributed by atoms with Crippen LogP contribution in [-0.4, -0.2) is 52.2 Å². The summed E-state index contributed by atoms with van der Waals surface area (Å²) in [6.07, 6.45) is 1.21. The normalized spacial score (nSPS) is 17.7. The van der Waals surface area contributed by atoms with Gasteiger partial charge in [-0.25, -0.2) is 4.79 Å². The number of rotatable bonds is 8. The summed E-state index contributed by atoms with van der Waals surface area (Å²) in [5.74, 6) is -2.97. The summed E-state index contributed by atoms with van der Waals surface area (Å²) in [5.41, 5.74) is 3.19. The van der Waals surface area contributed by atoms with Crippen LogP contribution in [0.4, 0.5) is 4.79 Å². The van der Waals surface area contributed by atoms with Crippen LogP contribution >= 0.6 is 0 Å². The number of hydrogen-bond donors (Lipinski definition) is 3. The minimum absolute atomic E-state index is 0.175. The maximum atomic E-state index is 12.7. The molecule has 1 aliphatic heterocycles. The molecule has 0 aromatic heterocycles. The second-order valence-corrected chi connectivity index (χ2v) is 8.16. The number of hydrogen-bond acceptors (Lipinski definition) is 3. The van der Waals surface area contributed by atoms with Crippen molar-refractivity contribution in [2.45, 2.75) is 32.2 Å². The standard InChI is InChI=1S/C24H28N2O5/c1-16(22(27)28)13-21(25-24(31)26-12-11-20(15-26)23(29)30)14-17-7-9-19(10-8-17)18-5-3-2-4-6-18/h2-10,16,20-21H,11-15H2,1H3,(H,25,31)(H,27,28)(H,29,30)/t16?,20-,21?/m1/s1. The van der Waals surface area contributed by atoms with Crippen molar-refractivity contribution in [1.82, 2.24) is 10.2 Å². The second-order valence-electron chi connectivity index (χ2n) is 8.16. The molecule has 31 heavy (non-hydrogen) atoms. The number of carbonyl (C=O) groups is 3. The summed E-state index contributed by atoms with van der Waals surface area (Å²) in [7, 11) is 0. The number of amides is 2. The van der Waals surface area contributed by atoms with Crippen molar-refractivity contribution in [3.63, 3.8) is 0 Å². The molecule has 164 valence electrons. The van der Waals surface area contributed by atoms with Crippen molar-refractivity contribution in [1.29, 1.82) is 0 Å². The maximum Gasteiger partial charge on any atom is 0.317 e. The van der Waals surface area contributed by atoms with Gasteiger partial charge in [0.05, 0.1) is 11.8 Å². The van der Waals surface area contributed by atoms with E-state index in [1.165, 1.54) is 4.90 Å². The molecule has 1 heterocycles. The Morgan fingerprint density at radius 1 is 1.03 bits per heavy atom. The van der Waals surface area contributed by atoms with E-state index in [2.05, 4.69) is 5.32 Å². The predicted molar refractivity (Wildman–Crippen MR) is 117 cm³/mol. The molecule has 2 unspecified atom stereocenters. The lowest BCUT2D eigenvalue weighted by Gasteiger charge is -2.25. The third-order valence-corrected chi connectivity index (χ3v) is 5.76. The van der Waals surface area contributed by atoms with Crippen LogP contribution in [0.25, 0.3) is 11.1 Å². The van der Waals surface area contributed by atoms with Crippen molar-refractivity contribution in [3.8, 4) is 11.1 Å². The monoisotopic (exact) mass is 424 g/mol. The molecular formula is C24H28N2O5. The third-order valence-electron chi connectivity index (χ3n) is 5.76. The number of likely N-dealkylation sites (tertiary alicyclic amines) is 1. The first-order valence-electron chi connectivity index (χ1n) is 10.5. The van der Waals surface area contributed by atoms with Gasteiger partial charge in [-0.05, 0) is 36.0 Å². The molecule has 0 saturated carbocycles. The second kappa shape index (κ2) is 10.1. The molecular weight excluding hydrogens is 396 g/mol. The van der Waals surface area contributed by atoms with Crippen LogP contribution in [-0.2, 0) is 16.0 Å². The molecule has 3 rings (SSSR count). The highest BCUT2D eigenvalue weighted by atomic mass is 16.4. The van der Waals surface area contributed by atoms with Gasteiger partial charge in [0.15, 0.2) is 0 Å². The number of urea groups is 1. The molecule has 7 nitrogen and oxygen atoms in total. The van der Waals surface area contributed by atoms with E-state index in [1.54, 1.807) is 6.92 Å². The number of carboxylic acids is 2. The Morgan fingerprint density at radius 2 is 1.68 bits per heavy atom. The fourth-order valence-corrected chi connectivity index (χ4v) is 3.88. The summed E-state index contributed by atoms with van der Waals surface area (Å²) in [6.45, 7) is 2.18. The van der Waals surface area contributed by atoms with Crippen LogP contribution in [0.5, 0.6) is 0 Å². The average molecular weight is 424 g/mol. The van der Waals surface area contributed by atoms with Gasteiger partial charge in [-0.2, -0.15) is 0 Å². The van der Waals surface area contributed by atoms with Crippen LogP contribution in [0.15, 0.2) is 54.6 Å². The van der Waals surface area contributed by atoms with Crippen molar-refractivity contribution in [2.75, 3.05) is 13.1 Å². The zero-order valence-electron chi connectivity index (χ0n) is 17.5. The first kappa shape index (κ1) is 22.3. The van der Waals surface area contributed by atoms with Gasteiger partial charge in [-0.15, -0.1) is 0 Å². The lowest BCUT2D eigenvalue weighted by Crippen LogP contribution is -2.46. The van der Waals surface area contributed by atoms with E-state index < -0.39 is 23.8 Å². The summed E-state index contributed by atoms with van der Waals surface area (Å²) in [5, 5.41) is 21.4. The van der Waals surface area contributed by atoms with Gasteiger partial charge in [0.2, 0.25) is 0 Å². The molecule has 1 saturated heterocycles. The van der Waals surface area contributed by atoms with Crippen LogP contribution in [0, 0.1) is 11.8 Å². The lowest BCUT2D eigenvalue weighted by atomic mass is 9.95. The van der Waals surface area contributed by atoms with E-state index in [0.29, 0.717) is 19.4 Å². The minimum Gasteiger partial charge on any atom is -0.481 e. The third kappa shape index (κ3) is 6.07. The van der Waals surface area contributed by atoms with E-state index in [9.17, 15) is 19.5 Å². The molecule has 7 heteroatoms. The highest BCUT2D eigenvalue weighted by Crippen LogP contribution is 2.21. The van der Waals surface area contributed by atoms with Crippen LogP contribution in [0.3, 0.4) is 0 Å². The molecule has 1 fully saturated rings. The number of nitrogens with one attached hydrogen (secondary N) is 1. The van der Waals surface area contributed by atoms with Crippen LogP contribution in [0.2, 0.25) is 0 Å². The topological polar surface area (TPSA) is 107 Å². The zero-order chi connectivity index (χ0) is 22.4. The molecule has 2 aromatic rings. The van der Waals surface area contributed by atoms with Crippen molar-refractivity contribution in [2.24, 2.45) is 11.8 Å². The predicted octanol–water partition coefficient (Wildman–Crippen LogP) is 3.49. The fourth-order valence-electron chi connectivity index (χ4n) is 3.88. The highest BCUT2D eigenvalue weighted by molar-refractivity contribution is 5.78. The van der Waals surface area contributed by atoms with Gasteiger partial charge >= 0.3 is 18.0 Å². The van der Waals surface area contributed by atoms with E-state index in [4.69, 9.17) is 5.11 Å². The fraction of sp³-hybridized carbons (Fsp3) is 0.375. The van der Waals surface area contributed by atoms with Gasteiger partial charge < -0.3 is 20.4 Å². The highest BCUT2D eigenvalue weighted by Gasteiger charge is 2.32. The molecule has 2 amide bonds. The summed E-state index contributed by atoms with van der Waals surface area (Å²) >= 11 is 0. The molecule has 0 aliphatic carbocycles. The van der Waals surface area contributed by atoms with Gasteiger partial charge in [0.1, 0.15) is 0 Å². The first-order chi connectivity index (χ1) is 14.8. The first-order valence-corrected chi connectivity index (χ1v) is 10.5. The van der Waals surface area contributed by atoms with Crippen molar-refractivity contribution >= 4 is 18.0 Å². The quantitative estimate of drug-likeness (QED) is 0.601. The smallest absolute Gasteiger partial charge is 0.317 e. The van der Waals surface area contributed by atoms with Crippen LogP contribution in [0.1, 0.15) is 25.3 Å². The van der Waals surface area contributed by atoms with E-state index in [-0.39, 0.29) is 25.0 Å². The van der Waals surface area contributed by atoms with E-state index in [1.807, 2.05) is 54.6 Å². The van der Waals surface area contributed by atoms with E-state index >= 15 is 0 Å². The molecule has 0 radical (unpaired) electrons. The number of nitrogens with zero attached hydrogens (tertiary/aromatic N) is 1. The van der Waals surface area contributed by atoms with Crippen LogP contribution < -0.4 is 5.32 Å². The molecule has 2 aromatic carbocycles. The SMILES string of the molecule is CC(CC(Cc1ccc(-c2ccccc2)cc1)NC(=O)N1CC[C@@H](C(=O)O)C1)C(=O)O. The molecule has 0 spiro atoms. The Balaban J connectivity index is 1.68. The van der Waals surface area contributed by atoms with Crippen molar-refractivity contribution in [3.05, 3.63) is 60.2 Å².